The Labute approximate surface area is 91.4 Å². The van der Waals surface area contributed by atoms with Crippen molar-refractivity contribution < 1.29 is 0 Å². The molecule has 0 N–H and O–H groups in total. The van der Waals surface area contributed by atoms with E-state index in [2.05, 4.69) is 0 Å². The smallest absolute Gasteiger partial charge is 0.0735 e. The summed E-state index contributed by atoms with van der Waals surface area (Å²) in [6.45, 7) is 0. The summed E-state index contributed by atoms with van der Waals surface area (Å²) < 4.78 is 0. The molecule has 0 aromatic heterocycles. The highest BCUT2D eigenvalue weighted by Gasteiger charge is 2.10. The molecule has 1 aromatic rings. The molecule has 0 spiro atoms. The Morgan fingerprint density at radius 1 is 1.25 bits per heavy atom. The van der Waals surface area contributed by atoms with E-state index in [1.54, 1.807) is 18.2 Å². The van der Waals surface area contributed by atoms with Crippen molar-refractivity contribution in [3.8, 4) is 0 Å². The summed E-state index contributed by atoms with van der Waals surface area (Å²) in [5.74, 6) is 0.336. The summed E-state index contributed by atoms with van der Waals surface area (Å²) >= 11 is 23.0. The Morgan fingerprint density at radius 3 is 2.42 bits per heavy atom. The van der Waals surface area contributed by atoms with E-state index in [9.17, 15) is 0 Å². The van der Waals surface area contributed by atoms with E-state index in [1.807, 2.05) is 0 Å². The maximum absolute atomic E-state index is 5.89. The average molecular weight is 244 g/mol. The molecule has 1 rings (SSSR count). The van der Waals surface area contributed by atoms with Crippen molar-refractivity contribution in [3.05, 3.63) is 33.8 Å². The van der Waals surface area contributed by atoms with Crippen LogP contribution in [0.4, 0.5) is 0 Å². The molecule has 0 heterocycles. The van der Waals surface area contributed by atoms with Crippen molar-refractivity contribution in [2.75, 3.05) is 5.88 Å². The summed E-state index contributed by atoms with van der Waals surface area (Å²) in [5, 5.41) is 0.904. The first-order valence-corrected chi connectivity index (χ1v) is 5.03. The number of rotatable bonds is 2. The van der Waals surface area contributed by atoms with Crippen LogP contribution in [0.5, 0.6) is 0 Å². The molecule has 4 heteroatoms. The Kier molecular flexibility index (Phi) is 3.98. The molecule has 1 atom stereocenters. The van der Waals surface area contributed by atoms with E-state index in [0.29, 0.717) is 15.9 Å². The van der Waals surface area contributed by atoms with Crippen LogP contribution < -0.4 is 0 Å². The van der Waals surface area contributed by atoms with E-state index in [-0.39, 0.29) is 5.38 Å². The second-order valence-electron chi connectivity index (χ2n) is 2.29. The molecule has 0 fully saturated rings. The summed E-state index contributed by atoms with van der Waals surface area (Å²) in [6.07, 6.45) is 0. The van der Waals surface area contributed by atoms with Crippen LogP contribution in [-0.4, -0.2) is 5.88 Å². The van der Waals surface area contributed by atoms with Gasteiger partial charge in [0.25, 0.3) is 0 Å². The van der Waals surface area contributed by atoms with Crippen molar-refractivity contribution in [1.82, 2.24) is 0 Å². The topological polar surface area (TPSA) is 0 Å². The Hall–Kier alpha value is 0.380. The minimum Gasteiger partial charge on any atom is -0.125 e. The maximum atomic E-state index is 5.89. The first-order chi connectivity index (χ1) is 5.65. The number of halogens is 4. The lowest BCUT2D eigenvalue weighted by atomic mass is 10.2. The first kappa shape index (κ1) is 10.5. The molecule has 66 valence electrons. The minimum absolute atomic E-state index is 0.253. The van der Waals surface area contributed by atoms with Crippen molar-refractivity contribution in [1.29, 1.82) is 0 Å². The molecule has 0 nitrogen and oxygen atoms in total. The van der Waals surface area contributed by atoms with Gasteiger partial charge in [0.05, 0.1) is 5.38 Å². The second-order valence-corrected chi connectivity index (χ2v) is 3.97. The predicted octanol–water partition coefficient (Wildman–Crippen LogP) is 4.51. The quantitative estimate of drug-likeness (QED) is 0.671. The zero-order chi connectivity index (χ0) is 9.14. The zero-order valence-electron chi connectivity index (χ0n) is 6.03. The van der Waals surface area contributed by atoms with Gasteiger partial charge in [-0.25, -0.2) is 0 Å². The molecule has 0 saturated carbocycles. The van der Waals surface area contributed by atoms with E-state index < -0.39 is 0 Å². The highest BCUT2D eigenvalue weighted by atomic mass is 35.5. The summed E-state index contributed by atoms with van der Waals surface area (Å²) in [4.78, 5) is 0. The standard InChI is InChI=1S/C8H6Cl4/c9-4-8(12)6-2-1-5(10)3-7(6)11/h1-3,8H,4H2/t8-/m1/s1. The number of benzene rings is 1. The molecule has 0 radical (unpaired) electrons. The SMILES string of the molecule is ClC[C@@H](Cl)c1ccc(Cl)cc1Cl. The lowest BCUT2D eigenvalue weighted by Crippen LogP contribution is -1.92. The van der Waals surface area contributed by atoms with Crippen molar-refractivity contribution in [3.63, 3.8) is 0 Å². The molecule has 0 unspecified atom stereocenters. The monoisotopic (exact) mass is 242 g/mol. The summed E-state index contributed by atoms with van der Waals surface area (Å²) in [6, 6.07) is 5.18. The molecule has 0 bridgehead atoms. The van der Waals surface area contributed by atoms with Crippen molar-refractivity contribution in [2.24, 2.45) is 0 Å². The third kappa shape index (κ3) is 2.43. The summed E-state index contributed by atoms with van der Waals surface area (Å²) in [7, 11) is 0. The largest absolute Gasteiger partial charge is 0.125 e. The molecular weight excluding hydrogens is 238 g/mol. The van der Waals surface area contributed by atoms with Gasteiger partial charge in [-0.1, -0.05) is 29.3 Å². The predicted molar refractivity (Wildman–Crippen MR) is 55.8 cm³/mol. The highest BCUT2D eigenvalue weighted by molar-refractivity contribution is 6.36. The van der Waals surface area contributed by atoms with E-state index in [1.165, 1.54) is 0 Å². The third-order valence-electron chi connectivity index (χ3n) is 1.44. The van der Waals surface area contributed by atoms with Crippen LogP contribution in [0.25, 0.3) is 0 Å². The van der Waals surface area contributed by atoms with Crippen molar-refractivity contribution in [2.45, 2.75) is 5.38 Å². The molecular formula is C8H6Cl4. The second kappa shape index (κ2) is 4.57. The van der Waals surface area contributed by atoms with Gasteiger partial charge in [0.15, 0.2) is 0 Å². The molecule has 0 saturated heterocycles. The van der Waals surface area contributed by atoms with Crippen LogP contribution in [0.3, 0.4) is 0 Å². The van der Waals surface area contributed by atoms with Gasteiger partial charge < -0.3 is 0 Å². The molecule has 12 heavy (non-hydrogen) atoms. The molecule has 0 aliphatic carbocycles. The van der Waals surface area contributed by atoms with Crippen LogP contribution in [0, 0.1) is 0 Å². The number of hydrogen-bond donors (Lipinski definition) is 0. The van der Waals surface area contributed by atoms with Crippen LogP contribution in [0.2, 0.25) is 10.0 Å². The maximum Gasteiger partial charge on any atom is 0.0735 e. The fourth-order valence-electron chi connectivity index (χ4n) is 0.839. The van der Waals surface area contributed by atoms with E-state index >= 15 is 0 Å². The van der Waals surface area contributed by atoms with E-state index in [0.717, 1.165) is 5.56 Å². The van der Waals surface area contributed by atoms with Gasteiger partial charge in [0, 0.05) is 15.9 Å². The fourth-order valence-corrected chi connectivity index (χ4v) is 1.79. The van der Waals surface area contributed by atoms with Gasteiger partial charge in [0.2, 0.25) is 0 Å². The van der Waals surface area contributed by atoms with Crippen LogP contribution in [-0.2, 0) is 0 Å². The summed E-state index contributed by atoms with van der Waals surface area (Å²) in [5.41, 5.74) is 0.817. The van der Waals surface area contributed by atoms with Gasteiger partial charge in [-0.05, 0) is 17.7 Å². The van der Waals surface area contributed by atoms with Gasteiger partial charge in [-0.3, -0.25) is 0 Å². The lowest BCUT2D eigenvalue weighted by molar-refractivity contribution is 1.09. The van der Waals surface area contributed by atoms with Crippen LogP contribution >= 0.6 is 46.4 Å². The van der Waals surface area contributed by atoms with Crippen LogP contribution in [0.1, 0.15) is 10.9 Å². The Bertz CT molecular complexity index is 272. The Balaban J connectivity index is 3.01. The fraction of sp³-hybridized carbons (Fsp3) is 0.250. The van der Waals surface area contributed by atoms with Gasteiger partial charge >= 0.3 is 0 Å². The molecule has 1 aromatic carbocycles. The van der Waals surface area contributed by atoms with Crippen molar-refractivity contribution >= 4 is 46.4 Å². The zero-order valence-corrected chi connectivity index (χ0v) is 9.05. The molecule has 0 amide bonds. The third-order valence-corrected chi connectivity index (χ3v) is 2.85. The van der Waals surface area contributed by atoms with Gasteiger partial charge in [-0.2, -0.15) is 0 Å². The minimum atomic E-state index is -0.253. The first-order valence-electron chi connectivity index (χ1n) is 3.30. The van der Waals surface area contributed by atoms with E-state index in [4.69, 9.17) is 46.4 Å². The Morgan fingerprint density at radius 2 is 1.92 bits per heavy atom. The average Bonchev–Trinajstić information content (AvgIpc) is 2.03. The number of alkyl halides is 2. The van der Waals surface area contributed by atoms with Crippen LogP contribution in [0.15, 0.2) is 18.2 Å². The number of hydrogen-bond acceptors (Lipinski definition) is 0. The highest BCUT2D eigenvalue weighted by Crippen LogP contribution is 2.30. The molecule has 0 aliphatic heterocycles. The van der Waals surface area contributed by atoms with Gasteiger partial charge in [-0.15, -0.1) is 23.2 Å². The normalized spacial score (nSPS) is 13.0. The lowest BCUT2D eigenvalue weighted by Gasteiger charge is -2.07. The molecule has 0 aliphatic rings. The van der Waals surface area contributed by atoms with Gasteiger partial charge in [0.1, 0.15) is 0 Å².